The number of benzene rings is 2. The second-order valence-electron chi connectivity index (χ2n) is 8.11. The van der Waals surface area contributed by atoms with Gasteiger partial charge in [-0.3, -0.25) is 4.79 Å². The highest BCUT2D eigenvalue weighted by Crippen LogP contribution is 2.33. The van der Waals surface area contributed by atoms with Crippen LogP contribution in [0.3, 0.4) is 0 Å². The maximum Gasteiger partial charge on any atom is 0.255 e. The summed E-state index contributed by atoms with van der Waals surface area (Å²) in [5.74, 6) is 1.58. The third-order valence-electron chi connectivity index (χ3n) is 5.39. The summed E-state index contributed by atoms with van der Waals surface area (Å²) in [7, 11) is -3.57. The maximum absolute atomic E-state index is 13.0. The molecule has 0 radical (unpaired) electrons. The fourth-order valence-electron chi connectivity index (χ4n) is 4.05. The molecule has 2 aliphatic rings. The van der Waals surface area contributed by atoms with Gasteiger partial charge in [-0.05, 0) is 54.7 Å². The molecule has 30 heavy (non-hydrogen) atoms. The zero-order valence-corrected chi connectivity index (χ0v) is 17.9. The van der Waals surface area contributed by atoms with Gasteiger partial charge >= 0.3 is 0 Å². The van der Waals surface area contributed by atoms with Crippen molar-refractivity contribution in [3.63, 3.8) is 0 Å². The highest BCUT2D eigenvalue weighted by Gasteiger charge is 2.31. The number of carbonyl (C=O) groups excluding carboxylic acids is 1. The molecule has 1 amide bonds. The Bertz CT molecular complexity index is 1030. The van der Waals surface area contributed by atoms with E-state index >= 15 is 0 Å². The minimum Gasteiger partial charge on any atom is -0.486 e. The number of piperidine rings is 1. The summed E-state index contributed by atoms with van der Waals surface area (Å²) in [6.07, 6.45) is 1.03. The zero-order valence-electron chi connectivity index (χ0n) is 17.1. The van der Waals surface area contributed by atoms with Gasteiger partial charge in [0, 0.05) is 30.4 Å². The van der Waals surface area contributed by atoms with Crippen molar-refractivity contribution >= 4 is 21.6 Å². The predicted molar refractivity (Wildman–Crippen MR) is 114 cm³/mol. The van der Waals surface area contributed by atoms with Crippen molar-refractivity contribution in [2.24, 2.45) is 11.8 Å². The van der Waals surface area contributed by atoms with E-state index in [0.717, 1.165) is 6.42 Å². The van der Waals surface area contributed by atoms with Crippen LogP contribution in [0.25, 0.3) is 0 Å². The molecule has 0 saturated carbocycles. The summed E-state index contributed by atoms with van der Waals surface area (Å²) in [5, 5.41) is 2.81. The summed E-state index contributed by atoms with van der Waals surface area (Å²) >= 11 is 0. The minimum absolute atomic E-state index is 0.208. The smallest absolute Gasteiger partial charge is 0.255 e. The number of hydrogen-bond acceptors (Lipinski definition) is 5. The first kappa shape index (κ1) is 20.7. The van der Waals surface area contributed by atoms with Crippen molar-refractivity contribution in [2.75, 3.05) is 31.6 Å². The number of fused-ring (bicyclic) bond motifs is 1. The maximum atomic E-state index is 13.0. The Morgan fingerprint density at radius 3 is 2.27 bits per heavy atom. The van der Waals surface area contributed by atoms with Crippen LogP contribution in [-0.2, 0) is 10.0 Å². The van der Waals surface area contributed by atoms with E-state index in [-0.39, 0.29) is 10.8 Å². The third-order valence-corrected chi connectivity index (χ3v) is 7.24. The second kappa shape index (κ2) is 8.28. The van der Waals surface area contributed by atoms with Gasteiger partial charge in [0.2, 0.25) is 10.0 Å². The molecule has 2 atom stereocenters. The van der Waals surface area contributed by atoms with Gasteiger partial charge in [0.25, 0.3) is 5.91 Å². The highest BCUT2D eigenvalue weighted by molar-refractivity contribution is 7.89. The van der Waals surface area contributed by atoms with E-state index in [1.165, 1.54) is 24.3 Å². The lowest BCUT2D eigenvalue weighted by Gasteiger charge is -2.34. The molecule has 160 valence electrons. The number of rotatable bonds is 4. The van der Waals surface area contributed by atoms with Gasteiger partial charge in [-0.25, -0.2) is 8.42 Å². The Labute approximate surface area is 177 Å². The molecule has 2 unspecified atom stereocenters. The summed E-state index contributed by atoms with van der Waals surface area (Å²) in [5.41, 5.74) is 0.960. The van der Waals surface area contributed by atoms with E-state index in [1.807, 2.05) is 0 Å². The second-order valence-corrected chi connectivity index (χ2v) is 10.0. The molecule has 2 aromatic carbocycles. The molecule has 0 bridgehead atoms. The molecular weight excluding hydrogens is 404 g/mol. The number of hydrogen-bond donors (Lipinski definition) is 1. The first-order valence-corrected chi connectivity index (χ1v) is 11.6. The number of nitrogens with zero attached hydrogens (tertiary/aromatic N) is 1. The average molecular weight is 431 g/mol. The first-order valence-electron chi connectivity index (χ1n) is 10.1. The largest absolute Gasteiger partial charge is 0.486 e. The fraction of sp³-hybridized carbons (Fsp3) is 0.409. The zero-order chi connectivity index (χ0) is 21.3. The standard InChI is InChI=1S/C22H26N2O5S/c1-15-11-16(2)14-24(13-15)30(26,27)19-6-3-17(4-7-19)22(25)23-18-5-8-20-21(12-18)29-10-9-28-20/h3-8,12,15-16H,9-11,13-14H2,1-2H3,(H,23,25). The lowest BCUT2D eigenvalue weighted by molar-refractivity contribution is 0.102. The first-order chi connectivity index (χ1) is 14.3. The number of carbonyl (C=O) groups is 1. The molecule has 2 aromatic rings. The van der Waals surface area contributed by atoms with E-state index in [4.69, 9.17) is 9.47 Å². The molecular formula is C22H26N2O5S. The van der Waals surface area contributed by atoms with Gasteiger partial charge in [-0.2, -0.15) is 4.31 Å². The Kier molecular flexibility index (Phi) is 5.71. The van der Waals surface area contributed by atoms with Crippen LogP contribution in [0.4, 0.5) is 5.69 Å². The van der Waals surface area contributed by atoms with Crippen LogP contribution in [-0.4, -0.2) is 44.9 Å². The normalized spacial score (nSPS) is 21.8. The van der Waals surface area contributed by atoms with Crippen molar-refractivity contribution in [3.05, 3.63) is 48.0 Å². The molecule has 4 rings (SSSR count). The molecule has 1 N–H and O–H groups in total. The van der Waals surface area contributed by atoms with Crippen LogP contribution in [0, 0.1) is 11.8 Å². The Morgan fingerprint density at radius 1 is 0.967 bits per heavy atom. The molecule has 7 nitrogen and oxygen atoms in total. The number of sulfonamides is 1. The van der Waals surface area contributed by atoms with Gasteiger partial charge in [-0.1, -0.05) is 13.8 Å². The van der Waals surface area contributed by atoms with Crippen molar-refractivity contribution < 1.29 is 22.7 Å². The number of ether oxygens (including phenoxy) is 2. The lowest BCUT2D eigenvalue weighted by atomic mass is 9.94. The van der Waals surface area contributed by atoms with E-state index in [9.17, 15) is 13.2 Å². The minimum atomic E-state index is -3.57. The van der Waals surface area contributed by atoms with Crippen LogP contribution in [0.2, 0.25) is 0 Å². The Hall–Kier alpha value is -2.58. The average Bonchev–Trinajstić information content (AvgIpc) is 2.73. The molecule has 0 spiro atoms. The highest BCUT2D eigenvalue weighted by atomic mass is 32.2. The van der Waals surface area contributed by atoms with Crippen molar-refractivity contribution in [1.29, 1.82) is 0 Å². The van der Waals surface area contributed by atoms with Gasteiger partial charge in [0.05, 0.1) is 4.90 Å². The van der Waals surface area contributed by atoms with Gasteiger partial charge in [0.15, 0.2) is 11.5 Å². The summed E-state index contributed by atoms with van der Waals surface area (Å²) in [6, 6.07) is 11.3. The van der Waals surface area contributed by atoms with Crippen LogP contribution in [0.15, 0.2) is 47.4 Å². The Morgan fingerprint density at radius 2 is 1.60 bits per heavy atom. The molecule has 1 fully saturated rings. The topological polar surface area (TPSA) is 84.9 Å². The summed E-state index contributed by atoms with van der Waals surface area (Å²) in [6.45, 7) is 6.17. The molecule has 0 aromatic heterocycles. The quantitative estimate of drug-likeness (QED) is 0.804. The van der Waals surface area contributed by atoms with Gasteiger partial charge in [-0.15, -0.1) is 0 Å². The van der Waals surface area contributed by atoms with Crippen LogP contribution < -0.4 is 14.8 Å². The number of amides is 1. The number of nitrogens with one attached hydrogen (secondary N) is 1. The van der Waals surface area contributed by atoms with E-state index in [1.54, 1.807) is 22.5 Å². The van der Waals surface area contributed by atoms with Crippen molar-refractivity contribution in [3.8, 4) is 11.5 Å². The van der Waals surface area contributed by atoms with Gasteiger partial charge in [0.1, 0.15) is 13.2 Å². The predicted octanol–water partition coefficient (Wildman–Crippen LogP) is 3.38. The number of anilines is 1. The molecule has 8 heteroatoms. The molecule has 0 aliphatic carbocycles. The van der Waals surface area contributed by atoms with E-state index in [2.05, 4.69) is 19.2 Å². The SMILES string of the molecule is CC1CC(C)CN(S(=O)(=O)c2ccc(C(=O)Nc3ccc4c(c3)OCCO4)cc2)C1. The van der Waals surface area contributed by atoms with Crippen LogP contribution in [0.1, 0.15) is 30.6 Å². The van der Waals surface area contributed by atoms with Gasteiger partial charge < -0.3 is 14.8 Å². The third kappa shape index (κ3) is 4.29. The Balaban J connectivity index is 1.47. The molecule has 2 aliphatic heterocycles. The van der Waals surface area contributed by atoms with Crippen LogP contribution >= 0.6 is 0 Å². The molecule has 1 saturated heterocycles. The fourth-order valence-corrected chi connectivity index (χ4v) is 5.73. The van der Waals surface area contributed by atoms with E-state index in [0.29, 0.717) is 60.9 Å². The monoisotopic (exact) mass is 430 g/mol. The van der Waals surface area contributed by atoms with E-state index < -0.39 is 10.0 Å². The lowest BCUT2D eigenvalue weighted by Crippen LogP contribution is -2.42. The summed E-state index contributed by atoms with van der Waals surface area (Å²) < 4.78 is 38.5. The van der Waals surface area contributed by atoms with Crippen LogP contribution in [0.5, 0.6) is 11.5 Å². The van der Waals surface area contributed by atoms with Crippen molar-refractivity contribution in [2.45, 2.75) is 25.2 Å². The van der Waals surface area contributed by atoms with Crippen molar-refractivity contribution in [1.82, 2.24) is 4.31 Å². The summed E-state index contributed by atoms with van der Waals surface area (Å²) in [4.78, 5) is 12.8. The molecule has 2 heterocycles.